The lowest BCUT2D eigenvalue weighted by molar-refractivity contribution is -0.167. The van der Waals surface area contributed by atoms with Gasteiger partial charge in [-0.2, -0.15) is 18.4 Å². The number of carbonyl (C=O) groups excluding carboxylic acids is 2. The molecule has 0 radical (unpaired) electrons. The Hall–Kier alpha value is -3.52. The summed E-state index contributed by atoms with van der Waals surface area (Å²) >= 11 is 0. The highest BCUT2D eigenvalue weighted by Gasteiger charge is 2.41. The first-order valence-electron chi connectivity index (χ1n) is 8.13. The molecule has 1 unspecified atom stereocenters. The van der Waals surface area contributed by atoms with Gasteiger partial charge in [-0.05, 0) is 24.6 Å². The first-order chi connectivity index (χ1) is 13.6. The molecule has 0 aromatic carbocycles. The van der Waals surface area contributed by atoms with Gasteiger partial charge in [0.2, 0.25) is 5.60 Å². The van der Waals surface area contributed by atoms with Crippen LogP contribution in [0.2, 0.25) is 0 Å². The second-order valence-electron chi connectivity index (χ2n) is 6.00. The number of rotatable bonds is 6. The predicted molar refractivity (Wildman–Crippen MR) is 92.1 cm³/mol. The fourth-order valence-electron chi connectivity index (χ4n) is 2.13. The third kappa shape index (κ3) is 5.49. The molecule has 0 saturated carbocycles. The average molecular weight is 408 g/mol. The second kappa shape index (κ2) is 8.66. The Kier molecular flexibility index (Phi) is 6.50. The highest BCUT2D eigenvalue weighted by atomic mass is 19.4. The fraction of sp³-hybridized carbons (Fsp3) is 0.278. The first kappa shape index (κ1) is 21.8. The van der Waals surface area contributed by atoms with Crippen LogP contribution in [0.25, 0.3) is 0 Å². The molecule has 0 bridgehead atoms. The maximum atomic E-state index is 13.0. The molecule has 152 valence electrons. The SMILES string of the molecule is CC(O)(C(=O)Nc1cnc(C#N)c(C(F)(F)F)c1)C(=O)OCCc1cccnc1. The Morgan fingerprint density at radius 1 is 1.34 bits per heavy atom. The van der Waals surface area contributed by atoms with Crippen LogP contribution in [-0.4, -0.2) is 39.2 Å². The van der Waals surface area contributed by atoms with Gasteiger partial charge in [0.1, 0.15) is 6.07 Å². The van der Waals surface area contributed by atoms with Gasteiger partial charge in [-0.15, -0.1) is 0 Å². The van der Waals surface area contributed by atoms with Gasteiger partial charge in [0.15, 0.2) is 5.69 Å². The summed E-state index contributed by atoms with van der Waals surface area (Å²) in [6.45, 7) is 0.696. The molecule has 29 heavy (non-hydrogen) atoms. The van der Waals surface area contributed by atoms with Gasteiger partial charge >= 0.3 is 12.1 Å². The Balaban J connectivity index is 2.04. The number of alkyl halides is 3. The van der Waals surface area contributed by atoms with Crippen LogP contribution in [0.1, 0.15) is 23.7 Å². The van der Waals surface area contributed by atoms with Gasteiger partial charge in [0.05, 0.1) is 24.1 Å². The predicted octanol–water partition coefficient (Wildman–Crippen LogP) is 1.84. The van der Waals surface area contributed by atoms with Crippen molar-refractivity contribution in [3.8, 4) is 6.07 Å². The van der Waals surface area contributed by atoms with E-state index < -0.39 is 40.6 Å². The number of amides is 1. The number of ether oxygens (including phenoxy) is 1. The van der Waals surface area contributed by atoms with Gasteiger partial charge in [-0.25, -0.2) is 9.78 Å². The molecule has 0 fully saturated rings. The molecule has 0 aliphatic heterocycles. The zero-order chi connectivity index (χ0) is 21.7. The van der Waals surface area contributed by atoms with E-state index in [1.54, 1.807) is 24.5 Å². The maximum absolute atomic E-state index is 13.0. The van der Waals surface area contributed by atoms with E-state index in [1.165, 1.54) is 6.07 Å². The number of halogens is 3. The number of carbonyl (C=O) groups is 2. The number of aromatic nitrogens is 2. The molecule has 2 N–H and O–H groups in total. The number of esters is 1. The monoisotopic (exact) mass is 408 g/mol. The summed E-state index contributed by atoms with van der Waals surface area (Å²) in [5, 5.41) is 20.8. The number of nitriles is 1. The normalized spacial score (nSPS) is 13.1. The molecule has 1 amide bonds. The summed E-state index contributed by atoms with van der Waals surface area (Å²) < 4.78 is 43.8. The standard InChI is InChI=1S/C18H15F3N4O4/c1-17(28,16(27)29-6-4-11-3-2-5-23-9-11)15(26)25-12-7-13(18(19,20)21)14(8-22)24-10-12/h2-3,5,7,9-10,28H,4,6H2,1H3,(H,25,26). The number of aliphatic hydroxyl groups is 1. The second-order valence-corrected chi connectivity index (χ2v) is 6.00. The number of nitrogens with zero attached hydrogens (tertiary/aromatic N) is 3. The molecule has 11 heteroatoms. The van der Waals surface area contributed by atoms with Crippen molar-refractivity contribution in [2.75, 3.05) is 11.9 Å². The fourth-order valence-corrected chi connectivity index (χ4v) is 2.13. The van der Waals surface area contributed by atoms with E-state index in [0.717, 1.165) is 18.7 Å². The van der Waals surface area contributed by atoms with Crippen LogP contribution in [0, 0.1) is 11.3 Å². The van der Waals surface area contributed by atoms with E-state index in [4.69, 9.17) is 10.00 Å². The molecule has 0 aliphatic carbocycles. The van der Waals surface area contributed by atoms with Crippen LogP contribution < -0.4 is 5.32 Å². The number of anilines is 1. The van der Waals surface area contributed by atoms with Crippen molar-refractivity contribution in [1.82, 2.24) is 9.97 Å². The quantitative estimate of drug-likeness (QED) is 0.552. The molecule has 2 heterocycles. The van der Waals surface area contributed by atoms with Gasteiger partial charge in [-0.1, -0.05) is 6.07 Å². The first-order valence-corrected chi connectivity index (χ1v) is 8.13. The lowest BCUT2D eigenvalue weighted by Crippen LogP contribution is -2.48. The molecular formula is C18H15F3N4O4. The van der Waals surface area contributed by atoms with Gasteiger partial charge < -0.3 is 15.2 Å². The number of pyridine rings is 2. The van der Waals surface area contributed by atoms with Crippen LogP contribution in [-0.2, 0) is 26.9 Å². The Morgan fingerprint density at radius 3 is 2.66 bits per heavy atom. The van der Waals surface area contributed by atoms with E-state index in [1.807, 2.05) is 5.32 Å². The van der Waals surface area contributed by atoms with Crippen LogP contribution in [0.3, 0.4) is 0 Å². The lowest BCUT2D eigenvalue weighted by Gasteiger charge is -2.21. The molecule has 2 aromatic heterocycles. The Labute approximate surface area is 163 Å². The lowest BCUT2D eigenvalue weighted by atomic mass is 10.1. The molecule has 1 atom stereocenters. The average Bonchev–Trinajstić information content (AvgIpc) is 2.67. The third-order valence-electron chi connectivity index (χ3n) is 3.74. The zero-order valence-electron chi connectivity index (χ0n) is 15.0. The highest BCUT2D eigenvalue weighted by Crippen LogP contribution is 2.32. The van der Waals surface area contributed by atoms with E-state index in [2.05, 4.69) is 9.97 Å². The van der Waals surface area contributed by atoms with Crippen molar-refractivity contribution >= 4 is 17.6 Å². The summed E-state index contributed by atoms with van der Waals surface area (Å²) in [4.78, 5) is 31.4. The minimum Gasteiger partial charge on any atom is -0.463 e. The summed E-state index contributed by atoms with van der Waals surface area (Å²) in [5.74, 6) is -2.60. The Bertz CT molecular complexity index is 940. The van der Waals surface area contributed by atoms with Crippen LogP contribution >= 0.6 is 0 Å². The largest absolute Gasteiger partial charge is 0.463 e. The van der Waals surface area contributed by atoms with Crippen LogP contribution in [0.5, 0.6) is 0 Å². The molecular weight excluding hydrogens is 393 g/mol. The maximum Gasteiger partial charge on any atom is 0.419 e. The van der Waals surface area contributed by atoms with Crippen molar-refractivity contribution in [3.63, 3.8) is 0 Å². The van der Waals surface area contributed by atoms with Gasteiger partial charge in [0, 0.05) is 18.8 Å². The molecule has 8 nitrogen and oxygen atoms in total. The smallest absolute Gasteiger partial charge is 0.419 e. The third-order valence-corrected chi connectivity index (χ3v) is 3.74. The van der Waals surface area contributed by atoms with Crippen molar-refractivity contribution in [1.29, 1.82) is 5.26 Å². The number of hydrogen-bond donors (Lipinski definition) is 2. The summed E-state index contributed by atoms with van der Waals surface area (Å²) in [5.41, 5.74) is -4.60. The molecule has 0 saturated heterocycles. The minimum atomic E-state index is -4.88. The van der Waals surface area contributed by atoms with Crippen molar-refractivity contribution < 1.29 is 32.6 Å². The molecule has 2 rings (SSSR count). The number of hydrogen-bond acceptors (Lipinski definition) is 7. The topological polar surface area (TPSA) is 125 Å². The van der Waals surface area contributed by atoms with E-state index >= 15 is 0 Å². The van der Waals surface area contributed by atoms with Crippen molar-refractivity contribution in [2.45, 2.75) is 25.1 Å². The van der Waals surface area contributed by atoms with Crippen molar-refractivity contribution in [3.05, 3.63) is 53.6 Å². The Morgan fingerprint density at radius 2 is 2.07 bits per heavy atom. The van der Waals surface area contributed by atoms with Crippen LogP contribution in [0.15, 0.2) is 36.8 Å². The zero-order valence-corrected chi connectivity index (χ0v) is 15.0. The van der Waals surface area contributed by atoms with E-state index in [-0.39, 0.29) is 13.0 Å². The summed E-state index contributed by atoms with van der Waals surface area (Å²) in [6, 6.07) is 5.20. The highest BCUT2D eigenvalue weighted by molar-refractivity contribution is 6.11. The van der Waals surface area contributed by atoms with E-state index in [0.29, 0.717) is 6.07 Å². The van der Waals surface area contributed by atoms with E-state index in [9.17, 15) is 27.9 Å². The summed E-state index contributed by atoms with van der Waals surface area (Å²) in [7, 11) is 0. The van der Waals surface area contributed by atoms with Crippen molar-refractivity contribution in [2.24, 2.45) is 0 Å². The summed E-state index contributed by atoms with van der Waals surface area (Å²) in [6.07, 6.45) is -0.685. The minimum absolute atomic E-state index is 0.148. The molecule has 0 spiro atoms. The van der Waals surface area contributed by atoms with Gasteiger partial charge in [-0.3, -0.25) is 9.78 Å². The number of nitrogens with one attached hydrogen (secondary N) is 1. The molecule has 2 aromatic rings. The molecule has 0 aliphatic rings. The van der Waals surface area contributed by atoms with Gasteiger partial charge in [0.25, 0.3) is 5.91 Å². The van der Waals surface area contributed by atoms with Crippen LogP contribution in [0.4, 0.5) is 18.9 Å².